The molecule has 7 nitrogen and oxygen atoms in total. The number of H-pyrrole nitrogens is 1. The van der Waals surface area contributed by atoms with Gasteiger partial charge in [0.15, 0.2) is 0 Å². The number of pyridine rings is 1. The highest BCUT2D eigenvalue weighted by Gasteiger charge is 2.38. The van der Waals surface area contributed by atoms with Crippen molar-refractivity contribution in [1.29, 1.82) is 0 Å². The van der Waals surface area contributed by atoms with Gasteiger partial charge in [-0.1, -0.05) is 12.1 Å². The smallest absolute Gasteiger partial charge is 0.490 e. The van der Waals surface area contributed by atoms with Crippen molar-refractivity contribution in [3.8, 4) is 22.6 Å². The molecule has 0 fully saturated rings. The Balaban J connectivity index is 0.000000298. The molecule has 29 heavy (non-hydrogen) atoms. The maximum atomic E-state index is 10.6. The predicted octanol–water partition coefficient (Wildman–Crippen LogP) is 4.06. The van der Waals surface area contributed by atoms with Crippen LogP contribution in [0, 0.1) is 0 Å². The lowest BCUT2D eigenvalue weighted by molar-refractivity contribution is -0.192. The molecule has 0 spiro atoms. The third kappa shape index (κ3) is 4.54. The molecule has 0 aliphatic heterocycles. The van der Waals surface area contributed by atoms with E-state index in [1.54, 1.807) is 13.3 Å². The van der Waals surface area contributed by atoms with Crippen molar-refractivity contribution < 1.29 is 27.8 Å². The van der Waals surface area contributed by atoms with Gasteiger partial charge in [-0.3, -0.25) is 0 Å². The first-order valence-electron chi connectivity index (χ1n) is 8.21. The van der Waals surface area contributed by atoms with Crippen LogP contribution in [0.2, 0.25) is 0 Å². The number of aliphatic carboxylic acids is 1. The van der Waals surface area contributed by atoms with E-state index < -0.39 is 12.1 Å². The molecule has 0 bridgehead atoms. The number of carboxylic acids is 1. The van der Waals surface area contributed by atoms with Gasteiger partial charge in [0.25, 0.3) is 0 Å². The number of ether oxygens (including phenoxy) is 1. The molecule has 0 amide bonds. The molecule has 150 valence electrons. The lowest BCUT2D eigenvalue weighted by Crippen LogP contribution is -2.21. The Kier molecular flexibility index (Phi) is 5.53. The van der Waals surface area contributed by atoms with Gasteiger partial charge in [-0.2, -0.15) is 18.3 Å². The van der Waals surface area contributed by atoms with Gasteiger partial charge in [0.05, 0.1) is 19.0 Å². The number of alkyl halides is 3. The average molecular weight is 404 g/mol. The molecule has 0 radical (unpaired) electrons. The van der Waals surface area contributed by atoms with Gasteiger partial charge < -0.3 is 14.8 Å². The molecule has 3 aromatic heterocycles. The quantitative estimate of drug-likeness (QED) is 0.537. The monoisotopic (exact) mass is 404 g/mol. The molecule has 3 heterocycles. The van der Waals surface area contributed by atoms with E-state index in [9.17, 15) is 13.2 Å². The van der Waals surface area contributed by atoms with Crippen molar-refractivity contribution in [2.24, 2.45) is 0 Å². The van der Waals surface area contributed by atoms with Gasteiger partial charge in [-0.05, 0) is 29.8 Å². The summed E-state index contributed by atoms with van der Waals surface area (Å²) in [6.07, 6.45) is 2.46. The van der Waals surface area contributed by atoms with Crippen molar-refractivity contribution in [2.75, 3.05) is 7.11 Å². The first-order valence-corrected chi connectivity index (χ1v) is 8.21. The van der Waals surface area contributed by atoms with Crippen LogP contribution in [0.15, 0.2) is 61.2 Å². The molecule has 0 aliphatic carbocycles. The highest BCUT2D eigenvalue weighted by molar-refractivity contribution is 5.84. The first kappa shape index (κ1) is 19.9. The largest absolute Gasteiger partial charge is 0.497 e. The van der Waals surface area contributed by atoms with Crippen molar-refractivity contribution in [1.82, 2.24) is 19.7 Å². The average Bonchev–Trinajstić information content (AvgIpc) is 3.37. The van der Waals surface area contributed by atoms with Gasteiger partial charge in [0.2, 0.25) is 0 Å². The van der Waals surface area contributed by atoms with Crippen molar-refractivity contribution in [3.63, 3.8) is 0 Å². The fourth-order valence-corrected chi connectivity index (χ4v) is 2.53. The number of carboxylic acid groups (broad SMARTS) is 1. The molecule has 0 atom stereocenters. The van der Waals surface area contributed by atoms with Crippen LogP contribution >= 0.6 is 0 Å². The standard InChI is InChI=1S/C17H14N4O.C2HF3O2/c1-22-14-4-2-12(3-5-14)13-10-20-21(11-13)16-7-9-19-17-15(16)6-8-18-17;3-2(4,5)1(6)7/h2-11H,1H3,(H,18,19);(H,6,7). The molecule has 0 saturated carbocycles. The lowest BCUT2D eigenvalue weighted by atomic mass is 10.1. The minimum atomic E-state index is -5.08. The molecule has 1 aromatic carbocycles. The number of benzene rings is 1. The molecule has 10 heteroatoms. The molecule has 4 aromatic rings. The third-order valence-corrected chi connectivity index (χ3v) is 3.93. The van der Waals surface area contributed by atoms with Crippen molar-refractivity contribution in [2.45, 2.75) is 6.18 Å². The zero-order valence-electron chi connectivity index (χ0n) is 15.0. The van der Waals surface area contributed by atoms with E-state index in [1.807, 2.05) is 59.7 Å². The van der Waals surface area contributed by atoms with Crippen LogP contribution in [0.4, 0.5) is 13.2 Å². The topological polar surface area (TPSA) is 93.0 Å². The molecular weight excluding hydrogens is 389 g/mol. The second-order valence-corrected chi connectivity index (χ2v) is 5.78. The van der Waals surface area contributed by atoms with E-state index >= 15 is 0 Å². The van der Waals surface area contributed by atoms with E-state index in [4.69, 9.17) is 14.6 Å². The Labute approximate surface area is 162 Å². The third-order valence-electron chi connectivity index (χ3n) is 3.93. The fraction of sp³-hybridized carbons (Fsp3) is 0.105. The van der Waals surface area contributed by atoms with Crippen molar-refractivity contribution in [3.05, 3.63) is 61.2 Å². The maximum Gasteiger partial charge on any atom is 0.490 e. The predicted molar refractivity (Wildman–Crippen MR) is 98.9 cm³/mol. The van der Waals surface area contributed by atoms with Gasteiger partial charge >= 0.3 is 12.1 Å². The van der Waals surface area contributed by atoms with Crippen LogP contribution in [0.5, 0.6) is 5.75 Å². The number of aromatic nitrogens is 4. The van der Waals surface area contributed by atoms with Crippen LogP contribution in [0.1, 0.15) is 0 Å². The number of rotatable bonds is 3. The summed E-state index contributed by atoms with van der Waals surface area (Å²) in [7, 11) is 1.67. The zero-order chi connectivity index (χ0) is 21.0. The summed E-state index contributed by atoms with van der Waals surface area (Å²) in [4.78, 5) is 16.3. The Hall–Kier alpha value is -3.82. The minimum Gasteiger partial charge on any atom is -0.497 e. The number of hydrogen-bond acceptors (Lipinski definition) is 4. The van der Waals surface area contributed by atoms with E-state index in [-0.39, 0.29) is 0 Å². The van der Waals surface area contributed by atoms with Gasteiger partial charge in [-0.15, -0.1) is 0 Å². The highest BCUT2D eigenvalue weighted by atomic mass is 19.4. The maximum absolute atomic E-state index is 10.6. The number of hydrogen-bond donors (Lipinski definition) is 2. The normalized spacial score (nSPS) is 11.0. The number of nitrogens with one attached hydrogen (secondary N) is 1. The Morgan fingerprint density at radius 2 is 1.83 bits per heavy atom. The Morgan fingerprint density at radius 3 is 2.45 bits per heavy atom. The molecule has 0 unspecified atom stereocenters. The Morgan fingerprint density at radius 1 is 1.14 bits per heavy atom. The van der Waals surface area contributed by atoms with Gasteiger partial charge in [-0.25, -0.2) is 14.5 Å². The second kappa shape index (κ2) is 8.05. The zero-order valence-corrected chi connectivity index (χ0v) is 15.0. The van der Waals surface area contributed by atoms with Crippen LogP contribution in [-0.4, -0.2) is 44.1 Å². The molecule has 4 rings (SSSR count). The van der Waals surface area contributed by atoms with Gasteiger partial charge in [0, 0.05) is 29.5 Å². The van der Waals surface area contributed by atoms with Crippen LogP contribution in [0.3, 0.4) is 0 Å². The minimum absolute atomic E-state index is 0.847. The number of halogens is 3. The van der Waals surface area contributed by atoms with Crippen LogP contribution in [-0.2, 0) is 4.79 Å². The summed E-state index contributed by atoms with van der Waals surface area (Å²) in [6.45, 7) is 0. The number of nitrogens with zero attached hydrogens (tertiary/aromatic N) is 3. The Bertz CT molecular complexity index is 1120. The first-order chi connectivity index (χ1) is 13.8. The van der Waals surface area contributed by atoms with E-state index in [1.165, 1.54) is 0 Å². The number of carbonyl (C=O) groups is 1. The summed E-state index contributed by atoms with van der Waals surface area (Å²) in [6, 6.07) is 11.9. The second-order valence-electron chi connectivity index (χ2n) is 5.78. The summed E-state index contributed by atoms with van der Waals surface area (Å²) >= 11 is 0. The SMILES string of the molecule is COc1ccc(-c2cnn(-c3ccnc4[nH]ccc34)c2)cc1.O=C(O)C(F)(F)F. The van der Waals surface area contributed by atoms with Crippen molar-refractivity contribution >= 4 is 17.0 Å². The number of methoxy groups -OCH3 is 1. The van der Waals surface area contributed by atoms with E-state index in [0.717, 1.165) is 33.6 Å². The molecule has 0 aliphatic rings. The molecular formula is C19H15F3N4O3. The summed E-state index contributed by atoms with van der Waals surface area (Å²) in [5.74, 6) is -1.91. The number of aromatic amines is 1. The summed E-state index contributed by atoms with van der Waals surface area (Å²) in [5.41, 5.74) is 4.03. The van der Waals surface area contributed by atoms with E-state index in [0.29, 0.717) is 0 Å². The molecule has 2 N–H and O–H groups in total. The number of fused-ring (bicyclic) bond motifs is 1. The van der Waals surface area contributed by atoms with Crippen LogP contribution in [0.25, 0.3) is 27.8 Å². The highest BCUT2D eigenvalue weighted by Crippen LogP contribution is 2.25. The summed E-state index contributed by atoms with van der Waals surface area (Å²) < 4.78 is 38.8. The molecule has 0 saturated heterocycles. The summed E-state index contributed by atoms with van der Waals surface area (Å²) in [5, 5.41) is 12.7. The lowest BCUT2D eigenvalue weighted by Gasteiger charge is -2.03. The fourth-order valence-electron chi connectivity index (χ4n) is 2.53. The van der Waals surface area contributed by atoms with Gasteiger partial charge in [0.1, 0.15) is 11.4 Å². The van der Waals surface area contributed by atoms with Crippen LogP contribution < -0.4 is 4.74 Å². The van der Waals surface area contributed by atoms with E-state index in [2.05, 4.69) is 15.1 Å².